The molecule has 2 aromatic carbocycles. The van der Waals surface area contributed by atoms with Gasteiger partial charge in [0.05, 0.1) is 6.10 Å². The molecule has 0 heterocycles. The third kappa shape index (κ3) is 2.61. The van der Waals surface area contributed by atoms with E-state index in [1.807, 2.05) is 6.92 Å². The molecule has 1 nitrogen and oxygen atoms in total. The molecule has 2 aromatic rings. The zero-order chi connectivity index (χ0) is 11.4. The highest BCUT2D eigenvalue weighted by molar-refractivity contribution is 5.85. The molecule has 0 bridgehead atoms. The van der Waals surface area contributed by atoms with Gasteiger partial charge in [-0.3, -0.25) is 0 Å². The number of benzene rings is 2. The molecule has 0 spiro atoms. The van der Waals surface area contributed by atoms with Crippen molar-refractivity contribution in [2.45, 2.75) is 32.3 Å². The van der Waals surface area contributed by atoms with Gasteiger partial charge in [-0.1, -0.05) is 42.5 Å². The molecule has 16 heavy (non-hydrogen) atoms. The summed E-state index contributed by atoms with van der Waals surface area (Å²) in [6.07, 6.45) is 2.79. The third-order valence-corrected chi connectivity index (χ3v) is 2.95. The van der Waals surface area contributed by atoms with Crippen LogP contribution in [0.3, 0.4) is 0 Å². The molecule has 2 rings (SSSR count). The first-order chi connectivity index (χ1) is 7.77. The first-order valence-electron chi connectivity index (χ1n) is 5.92. The van der Waals surface area contributed by atoms with Crippen LogP contribution in [0, 0.1) is 0 Å². The molecular formula is C15H18O. The van der Waals surface area contributed by atoms with Gasteiger partial charge in [-0.15, -0.1) is 0 Å². The molecule has 0 fully saturated rings. The van der Waals surface area contributed by atoms with Crippen molar-refractivity contribution in [3.05, 3.63) is 48.0 Å². The van der Waals surface area contributed by atoms with E-state index >= 15 is 0 Å². The van der Waals surface area contributed by atoms with E-state index in [1.165, 1.54) is 16.3 Å². The first kappa shape index (κ1) is 11.2. The van der Waals surface area contributed by atoms with Crippen LogP contribution in [-0.4, -0.2) is 11.2 Å². The van der Waals surface area contributed by atoms with E-state index < -0.39 is 0 Å². The van der Waals surface area contributed by atoms with Crippen LogP contribution >= 0.6 is 0 Å². The number of aryl methyl sites for hydroxylation is 1. The number of aliphatic hydroxyl groups is 1. The SMILES string of the molecule is CC(O)CCCc1cccc2ccccc12. The average molecular weight is 214 g/mol. The molecule has 0 aliphatic rings. The highest BCUT2D eigenvalue weighted by atomic mass is 16.3. The Morgan fingerprint density at radius 3 is 2.62 bits per heavy atom. The van der Waals surface area contributed by atoms with Gasteiger partial charge in [-0.25, -0.2) is 0 Å². The van der Waals surface area contributed by atoms with Gasteiger partial charge < -0.3 is 5.11 Å². The largest absolute Gasteiger partial charge is 0.393 e. The second-order valence-electron chi connectivity index (χ2n) is 4.38. The molecule has 1 heteroatoms. The normalized spacial score (nSPS) is 12.9. The molecule has 1 unspecified atom stereocenters. The highest BCUT2D eigenvalue weighted by Gasteiger charge is 2.01. The van der Waals surface area contributed by atoms with Crippen LogP contribution in [0.1, 0.15) is 25.3 Å². The van der Waals surface area contributed by atoms with Gasteiger partial charge in [0.25, 0.3) is 0 Å². The zero-order valence-corrected chi connectivity index (χ0v) is 9.69. The summed E-state index contributed by atoms with van der Waals surface area (Å²) in [5, 5.41) is 11.9. The lowest BCUT2D eigenvalue weighted by atomic mass is 9.99. The van der Waals surface area contributed by atoms with Gasteiger partial charge in [0.15, 0.2) is 0 Å². The Hall–Kier alpha value is -1.34. The van der Waals surface area contributed by atoms with E-state index in [-0.39, 0.29) is 6.10 Å². The van der Waals surface area contributed by atoms with Gasteiger partial charge in [0.2, 0.25) is 0 Å². The van der Waals surface area contributed by atoms with Gasteiger partial charge in [0.1, 0.15) is 0 Å². The van der Waals surface area contributed by atoms with Crippen molar-refractivity contribution in [2.24, 2.45) is 0 Å². The second-order valence-corrected chi connectivity index (χ2v) is 4.38. The van der Waals surface area contributed by atoms with Crippen molar-refractivity contribution >= 4 is 10.8 Å². The molecular weight excluding hydrogens is 196 g/mol. The molecule has 0 aliphatic heterocycles. The number of fused-ring (bicyclic) bond motifs is 1. The molecule has 0 aliphatic carbocycles. The predicted octanol–water partition coefficient (Wildman–Crippen LogP) is 3.54. The van der Waals surface area contributed by atoms with E-state index in [4.69, 9.17) is 0 Å². The van der Waals surface area contributed by atoms with Gasteiger partial charge >= 0.3 is 0 Å². The van der Waals surface area contributed by atoms with Crippen LogP contribution in [0.25, 0.3) is 10.8 Å². The van der Waals surface area contributed by atoms with Crippen molar-refractivity contribution in [1.82, 2.24) is 0 Å². The van der Waals surface area contributed by atoms with Crippen LogP contribution in [0.15, 0.2) is 42.5 Å². The molecule has 1 atom stereocenters. The van der Waals surface area contributed by atoms with Crippen molar-refractivity contribution < 1.29 is 5.11 Å². The van der Waals surface area contributed by atoms with Crippen LogP contribution in [0.2, 0.25) is 0 Å². The molecule has 0 saturated heterocycles. The fraction of sp³-hybridized carbons (Fsp3) is 0.333. The van der Waals surface area contributed by atoms with Crippen molar-refractivity contribution in [1.29, 1.82) is 0 Å². The maximum Gasteiger partial charge on any atom is 0.0512 e. The predicted molar refractivity (Wildman–Crippen MR) is 68.6 cm³/mol. The van der Waals surface area contributed by atoms with Crippen molar-refractivity contribution in [3.8, 4) is 0 Å². The number of hydrogen-bond donors (Lipinski definition) is 1. The van der Waals surface area contributed by atoms with Crippen molar-refractivity contribution in [3.63, 3.8) is 0 Å². The lowest BCUT2D eigenvalue weighted by Gasteiger charge is -2.07. The topological polar surface area (TPSA) is 20.2 Å². The van der Waals surface area contributed by atoms with E-state index in [9.17, 15) is 5.11 Å². The van der Waals surface area contributed by atoms with Crippen LogP contribution in [0.5, 0.6) is 0 Å². The van der Waals surface area contributed by atoms with E-state index in [0.717, 1.165) is 19.3 Å². The monoisotopic (exact) mass is 214 g/mol. The molecule has 1 N–H and O–H groups in total. The van der Waals surface area contributed by atoms with Crippen LogP contribution < -0.4 is 0 Å². The fourth-order valence-electron chi connectivity index (χ4n) is 2.10. The lowest BCUT2D eigenvalue weighted by molar-refractivity contribution is 0.182. The number of aliphatic hydroxyl groups excluding tert-OH is 1. The molecule has 84 valence electrons. The Morgan fingerprint density at radius 2 is 1.81 bits per heavy atom. The summed E-state index contributed by atoms with van der Waals surface area (Å²) in [4.78, 5) is 0. The Morgan fingerprint density at radius 1 is 1.06 bits per heavy atom. The fourth-order valence-corrected chi connectivity index (χ4v) is 2.10. The second kappa shape index (κ2) is 5.13. The minimum atomic E-state index is -0.185. The first-order valence-corrected chi connectivity index (χ1v) is 5.92. The Balaban J connectivity index is 2.17. The Labute approximate surface area is 96.7 Å². The summed E-state index contributed by atoms with van der Waals surface area (Å²) in [5.41, 5.74) is 1.39. The number of rotatable bonds is 4. The van der Waals surface area contributed by atoms with Gasteiger partial charge in [0, 0.05) is 0 Å². The van der Waals surface area contributed by atoms with Crippen molar-refractivity contribution in [2.75, 3.05) is 0 Å². The average Bonchev–Trinajstić information content (AvgIpc) is 2.29. The summed E-state index contributed by atoms with van der Waals surface area (Å²) < 4.78 is 0. The van der Waals surface area contributed by atoms with Gasteiger partial charge in [-0.2, -0.15) is 0 Å². The number of hydrogen-bond acceptors (Lipinski definition) is 1. The van der Waals surface area contributed by atoms with Crippen LogP contribution in [0.4, 0.5) is 0 Å². The third-order valence-electron chi connectivity index (χ3n) is 2.95. The maximum absolute atomic E-state index is 9.24. The summed E-state index contributed by atoms with van der Waals surface area (Å²) >= 11 is 0. The lowest BCUT2D eigenvalue weighted by Crippen LogP contribution is -2.00. The Kier molecular flexibility index (Phi) is 3.58. The summed E-state index contributed by atoms with van der Waals surface area (Å²) in [6.45, 7) is 1.85. The minimum Gasteiger partial charge on any atom is -0.393 e. The maximum atomic E-state index is 9.24. The summed E-state index contributed by atoms with van der Waals surface area (Å²) in [6, 6.07) is 14.9. The van der Waals surface area contributed by atoms with Crippen LogP contribution in [-0.2, 0) is 6.42 Å². The summed E-state index contributed by atoms with van der Waals surface area (Å²) in [7, 11) is 0. The minimum absolute atomic E-state index is 0.185. The molecule has 0 aromatic heterocycles. The molecule has 0 radical (unpaired) electrons. The molecule has 0 saturated carbocycles. The van der Waals surface area contributed by atoms with E-state index in [0.29, 0.717) is 0 Å². The quantitative estimate of drug-likeness (QED) is 0.825. The highest BCUT2D eigenvalue weighted by Crippen LogP contribution is 2.20. The standard InChI is InChI=1S/C15H18O/c1-12(16)6-4-8-14-10-5-9-13-7-2-3-11-15(13)14/h2-3,5,7,9-12,16H,4,6,8H2,1H3. The molecule has 0 amide bonds. The van der Waals surface area contributed by atoms with Gasteiger partial charge in [-0.05, 0) is 42.5 Å². The van der Waals surface area contributed by atoms with E-state index in [1.54, 1.807) is 0 Å². The van der Waals surface area contributed by atoms with E-state index in [2.05, 4.69) is 42.5 Å². The smallest absolute Gasteiger partial charge is 0.0512 e. The zero-order valence-electron chi connectivity index (χ0n) is 9.69. The summed E-state index contributed by atoms with van der Waals surface area (Å²) in [5.74, 6) is 0. The Bertz CT molecular complexity index is 454.